The van der Waals surface area contributed by atoms with Gasteiger partial charge in [0.25, 0.3) is 0 Å². The second-order valence-electron chi connectivity index (χ2n) is 8.78. The maximum atomic E-state index is 12.8. The Morgan fingerprint density at radius 3 is 1.97 bits per heavy atom. The van der Waals surface area contributed by atoms with E-state index in [1.165, 1.54) is 6.92 Å². The molecule has 1 aliphatic rings. The van der Waals surface area contributed by atoms with Crippen molar-refractivity contribution in [3.8, 4) is 11.1 Å². The monoisotopic (exact) mass is 488 g/mol. The van der Waals surface area contributed by atoms with Gasteiger partial charge in [0.1, 0.15) is 18.7 Å². The molecule has 4 N–H and O–H groups in total. The van der Waals surface area contributed by atoms with E-state index >= 15 is 0 Å². The van der Waals surface area contributed by atoms with Crippen molar-refractivity contribution in [1.82, 2.24) is 10.6 Å². The van der Waals surface area contributed by atoms with Crippen LogP contribution in [-0.4, -0.2) is 53.0 Å². The Balaban J connectivity index is 1.39. The number of carboxylic acid groups (broad SMARTS) is 1. The van der Waals surface area contributed by atoms with E-state index in [1.807, 2.05) is 48.5 Å². The molecule has 3 aromatic rings. The summed E-state index contributed by atoms with van der Waals surface area (Å²) in [5, 5.41) is 24.5. The first-order chi connectivity index (χ1) is 17.3. The van der Waals surface area contributed by atoms with Crippen molar-refractivity contribution in [2.45, 2.75) is 37.5 Å². The van der Waals surface area contributed by atoms with Crippen LogP contribution in [0.1, 0.15) is 29.5 Å². The van der Waals surface area contributed by atoms with Crippen molar-refractivity contribution in [2.75, 3.05) is 6.61 Å². The summed E-state index contributed by atoms with van der Waals surface area (Å²) in [5.41, 5.74) is 4.98. The zero-order valence-electron chi connectivity index (χ0n) is 19.8. The minimum Gasteiger partial charge on any atom is -0.480 e. The number of carboxylic acids is 1. The average molecular weight is 489 g/mol. The molecule has 36 heavy (non-hydrogen) atoms. The highest BCUT2D eigenvalue weighted by atomic mass is 16.5. The van der Waals surface area contributed by atoms with Gasteiger partial charge in [-0.15, -0.1) is 0 Å². The number of fused-ring (bicyclic) bond motifs is 3. The third-order valence-corrected chi connectivity index (χ3v) is 6.28. The first kappa shape index (κ1) is 24.9. The standard InChI is InChI=1S/C28H28N2O6/c1-17(31)25(26(32)29-24(27(33)34)15-18-9-3-2-4-10-18)30-28(35)36-16-23-21-13-7-5-11-19(21)20-12-6-8-14-22(20)23/h2-14,17,23-25,31H,15-16H2,1H3,(H,29,32)(H,30,35)(H,33,34)/t17-,24+,25+/m1/s1. The van der Waals surface area contributed by atoms with Crippen LogP contribution in [0, 0.1) is 0 Å². The van der Waals surface area contributed by atoms with E-state index in [9.17, 15) is 24.6 Å². The fourth-order valence-electron chi connectivity index (χ4n) is 4.48. The molecule has 8 nitrogen and oxygen atoms in total. The molecule has 0 fully saturated rings. The number of hydrogen-bond donors (Lipinski definition) is 4. The smallest absolute Gasteiger partial charge is 0.407 e. The second kappa shape index (κ2) is 11.0. The van der Waals surface area contributed by atoms with Crippen LogP contribution >= 0.6 is 0 Å². The third-order valence-electron chi connectivity index (χ3n) is 6.28. The second-order valence-corrected chi connectivity index (χ2v) is 8.78. The zero-order valence-corrected chi connectivity index (χ0v) is 19.8. The largest absolute Gasteiger partial charge is 0.480 e. The lowest BCUT2D eigenvalue weighted by atomic mass is 9.98. The molecular formula is C28H28N2O6. The van der Waals surface area contributed by atoms with Crippen LogP contribution < -0.4 is 10.6 Å². The van der Waals surface area contributed by atoms with Gasteiger partial charge in [0.2, 0.25) is 5.91 Å². The molecule has 0 heterocycles. The number of carbonyl (C=O) groups excluding carboxylic acids is 2. The first-order valence-electron chi connectivity index (χ1n) is 11.7. The number of alkyl carbamates (subject to hydrolysis) is 1. The number of nitrogens with one attached hydrogen (secondary N) is 2. The van der Waals surface area contributed by atoms with E-state index in [0.29, 0.717) is 0 Å². The van der Waals surface area contributed by atoms with Crippen LogP contribution in [0.3, 0.4) is 0 Å². The number of benzene rings is 3. The molecule has 0 radical (unpaired) electrons. The normalized spacial score (nSPS) is 14.6. The highest BCUT2D eigenvalue weighted by Crippen LogP contribution is 2.44. The maximum Gasteiger partial charge on any atom is 0.407 e. The van der Waals surface area contributed by atoms with Crippen LogP contribution in [0.2, 0.25) is 0 Å². The molecule has 186 valence electrons. The van der Waals surface area contributed by atoms with Gasteiger partial charge in [-0.3, -0.25) is 4.79 Å². The van der Waals surface area contributed by atoms with Gasteiger partial charge in [-0.05, 0) is 34.7 Å². The van der Waals surface area contributed by atoms with E-state index in [0.717, 1.165) is 27.8 Å². The molecule has 3 aromatic carbocycles. The molecule has 3 atom stereocenters. The first-order valence-corrected chi connectivity index (χ1v) is 11.7. The van der Waals surface area contributed by atoms with Gasteiger partial charge in [0.05, 0.1) is 6.10 Å². The Kier molecular flexibility index (Phi) is 7.65. The van der Waals surface area contributed by atoms with Gasteiger partial charge >= 0.3 is 12.1 Å². The fraction of sp³-hybridized carbons (Fsp3) is 0.250. The highest BCUT2D eigenvalue weighted by molar-refractivity contribution is 5.90. The number of aliphatic hydroxyl groups is 1. The summed E-state index contributed by atoms with van der Waals surface area (Å²) < 4.78 is 5.46. The minimum absolute atomic E-state index is 0.0414. The van der Waals surface area contributed by atoms with Crippen LogP contribution in [0.15, 0.2) is 78.9 Å². The van der Waals surface area contributed by atoms with Crippen LogP contribution in [-0.2, 0) is 20.7 Å². The lowest BCUT2D eigenvalue weighted by Crippen LogP contribution is -2.56. The van der Waals surface area contributed by atoms with Crippen molar-refractivity contribution in [3.63, 3.8) is 0 Å². The zero-order chi connectivity index (χ0) is 25.7. The van der Waals surface area contributed by atoms with Crippen molar-refractivity contribution in [2.24, 2.45) is 0 Å². The van der Waals surface area contributed by atoms with Crippen LogP contribution in [0.25, 0.3) is 11.1 Å². The topological polar surface area (TPSA) is 125 Å². The molecule has 2 amide bonds. The Morgan fingerprint density at radius 2 is 1.42 bits per heavy atom. The SMILES string of the molecule is C[C@@H](O)[C@H](NC(=O)OCC1c2ccccc2-c2ccccc21)C(=O)N[C@@H](Cc1ccccc1)C(=O)O. The Bertz CT molecular complexity index is 1200. The molecule has 0 saturated heterocycles. The Labute approximate surface area is 208 Å². The number of aliphatic carboxylic acids is 1. The molecule has 8 heteroatoms. The molecule has 0 spiro atoms. The van der Waals surface area contributed by atoms with Crippen LogP contribution in [0.5, 0.6) is 0 Å². The third kappa shape index (κ3) is 5.55. The molecule has 0 unspecified atom stereocenters. The van der Waals surface area contributed by atoms with Gasteiger partial charge in [-0.2, -0.15) is 0 Å². The number of ether oxygens (including phenoxy) is 1. The highest BCUT2D eigenvalue weighted by Gasteiger charge is 2.32. The van der Waals surface area contributed by atoms with Gasteiger partial charge < -0.3 is 25.6 Å². The number of hydrogen-bond acceptors (Lipinski definition) is 5. The van der Waals surface area contributed by atoms with Gasteiger partial charge in [-0.1, -0.05) is 78.9 Å². The van der Waals surface area contributed by atoms with Crippen molar-refractivity contribution < 1.29 is 29.3 Å². The van der Waals surface area contributed by atoms with E-state index < -0.39 is 36.2 Å². The minimum atomic E-state index is -1.39. The average Bonchev–Trinajstić information content (AvgIpc) is 3.19. The predicted molar refractivity (Wildman–Crippen MR) is 133 cm³/mol. The van der Waals surface area contributed by atoms with Gasteiger partial charge in [0, 0.05) is 12.3 Å². The predicted octanol–water partition coefficient (Wildman–Crippen LogP) is 3.09. The van der Waals surface area contributed by atoms with Crippen molar-refractivity contribution in [3.05, 3.63) is 95.6 Å². The van der Waals surface area contributed by atoms with Crippen LogP contribution in [0.4, 0.5) is 4.79 Å². The summed E-state index contributed by atoms with van der Waals surface area (Å²) in [5.74, 6) is -2.20. The van der Waals surface area contributed by atoms with Crippen molar-refractivity contribution >= 4 is 18.0 Å². The van der Waals surface area contributed by atoms with E-state index in [1.54, 1.807) is 30.3 Å². The summed E-state index contributed by atoms with van der Waals surface area (Å²) in [7, 11) is 0. The lowest BCUT2D eigenvalue weighted by Gasteiger charge is -2.23. The summed E-state index contributed by atoms with van der Waals surface area (Å²) >= 11 is 0. The van der Waals surface area contributed by atoms with Gasteiger partial charge in [-0.25, -0.2) is 9.59 Å². The summed E-state index contributed by atoms with van der Waals surface area (Å²) in [6, 6.07) is 22.0. The number of amides is 2. The van der Waals surface area contributed by atoms with E-state index in [4.69, 9.17) is 4.74 Å². The Morgan fingerprint density at radius 1 is 0.861 bits per heavy atom. The molecule has 0 aromatic heterocycles. The maximum absolute atomic E-state index is 12.8. The van der Waals surface area contributed by atoms with E-state index in [-0.39, 0.29) is 18.9 Å². The Hall–Kier alpha value is -4.17. The van der Waals surface area contributed by atoms with E-state index in [2.05, 4.69) is 10.6 Å². The molecule has 4 rings (SSSR count). The lowest BCUT2D eigenvalue weighted by molar-refractivity contribution is -0.142. The number of rotatable bonds is 9. The quantitative estimate of drug-likeness (QED) is 0.367. The number of aliphatic hydroxyl groups excluding tert-OH is 1. The van der Waals surface area contributed by atoms with Gasteiger partial charge in [0.15, 0.2) is 0 Å². The summed E-state index contributed by atoms with van der Waals surface area (Å²) in [4.78, 5) is 37.1. The molecule has 0 saturated carbocycles. The molecular weight excluding hydrogens is 460 g/mol. The molecule has 0 bridgehead atoms. The summed E-state index contributed by atoms with van der Waals surface area (Å²) in [6.45, 7) is 1.38. The number of carbonyl (C=O) groups is 3. The fourth-order valence-corrected chi connectivity index (χ4v) is 4.48. The molecule has 1 aliphatic carbocycles. The van der Waals surface area contributed by atoms with Crippen molar-refractivity contribution in [1.29, 1.82) is 0 Å². The summed E-state index contributed by atoms with van der Waals surface area (Å²) in [6.07, 6.45) is -2.11. The molecule has 0 aliphatic heterocycles.